The Morgan fingerprint density at radius 1 is 1.12 bits per heavy atom. The molecular weight excluding hydrogens is 448 g/mol. The van der Waals surface area contributed by atoms with Gasteiger partial charge in [0.25, 0.3) is 0 Å². The van der Waals surface area contributed by atoms with Gasteiger partial charge in [0.1, 0.15) is 0 Å². The van der Waals surface area contributed by atoms with Gasteiger partial charge in [-0.3, -0.25) is 4.79 Å². The lowest BCUT2D eigenvalue weighted by atomic mass is 9.79. The van der Waals surface area contributed by atoms with Gasteiger partial charge in [-0.1, -0.05) is 18.5 Å². The predicted octanol–water partition coefficient (Wildman–Crippen LogP) is 3.94. The minimum Gasteiger partial charge on any atom is -0.378 e. The van der Waals surface area contributed by atoms with Crippen molar-refractivity contribution in [3.8, 4) is 0 Å². The monoisotopic (exact) mass is 480 g/mol. The molecule has 0 spiro atoms. The molecule has 3 unspecified atom stereocenters. The van der Waals surface area contributed by atoms with Gasteiger partial charge in [0, 0.05) is 36.6 Å². The van der Waals surface area contributed by atoms with E-state index in [0.29, 0.717) is 54.5 Å². The number of rotatable bonds is 6. The number of halogens is 1. The van der Waals surface area contributed by atoms with Gasteiger partial charge in [0.2, 0.25) is 15.9 Å². The first-order chi connectivity index (χ1) is 15.3. The molecule has 32 heavy (non-hydrogen) atoms. The normalized spacial score (nSPS) is 30.8. The minimum atomic E-state index is -3.68. The smallest absolute Gasteiger partial charge is 0.243 e. The van der Waals surface area contributed by atoms with Crippen LogP contribution >= 0.6 is 11.6 Å². The highest BCUT2D eigenvalue weighted by Gasteiger charge is 2.59. The fourth-order valence-electron chi connectivity index (χ4n) is 5.82. The molecule has 1 aromatic carbocycles. The zero-order chi connectivity index (χ0) is 22.5. The van der Waals surface area contributed by atoms with Crippen LogP contribution in [0.3, 0.4) is 0 Å². The molecule has 2 saturated carbocycles. The molecule has 0 radical (unpaired) electrons. The molecule has 1 amide bonds. The first-order valence-electron chi connectivity index (χ1n) is 11.9. The van der Waals surface area contributed by atoms with Crippen LogP contribution < -0.4 is 0 Å². The SMILES string of the molecule is CC1CC(C2CC2)N(S(=O)(=O)c2ccc(Cl)cc2)C(C2(CC(=O)N3CCOCC3)CC2)C1. The van der Waals surface area contributed by atoms with E-state index >= 15 is 0 Å². The number of hydrogen-bond donors (Lipinski definition) is 0. The highest BCUT2D eigenvalue weighted by molar-refractivity contribution is 7.89. The lowest BCUT2D eigenvalue weighted by molar-refractivity contribution is -0.137. The Hall–Kier alpha value is -1.15. The van der Waals surface area contributed by atoms with Crippen LogP contribution in [0.1, 0.15) is 51.9 Å². The highest BCUT2D eigenvalue weighted by Crippen LogP contribution is 2.59. The second-order valence-electron chi connectivity index (χ2n) is 10.3. The molecule has 2 aliphatic carbocycles. The molecule has 4 aliphatic rings. The Morgan fingerprint density at radius 2 is 1.78 bits per heavy atom. The number of nitrogens with zero attached hydrogens (tertiary/aromatic N) is 2. The van der Waals surface area contributed by atoms with E-state index in [1.807, 2.05) is 9.21 Å². The largest absolute Gasteiger partial charge is 0.378 e. The van der Waals surface area contributed by atoms with E-state index < -0.39 is 10.0 Å². The van der Waals surface area contributed by atoms with Gasteiger partial charge in [-0.15, -0.1) is 0 Å². The molecule has 0 bridgehead atoms. The number of amides is 1. The Bertz CT molecular complexity index is 953. The van der Waals surface area contributed by atoms with E-state index in [-0.39, 0.29) is 23.4 Å². The number of hydrogen-bond acceptors (Lipinski definition) is 4. The van der Waals surface area contributed by atoms with Crippen LogP contribution in [0.4, 0.5) is 0 Å². The van der Waals surface area contributed by atoms with Gasteiger partial charge in [-0.05, 0) is 80.0 Å². The van der Waals surface area contributed by atoms with Crippen LogP contribution in [0.25, 0.3) is 0 Å². The average Bonchev–Trinajstić information content (AvgIpc) is 3.69. The molecule has 2 aliphatic heterocycles. The summed E-state index contributed by atoms with van der Waals surface area (Å²) in [6.07, 6.45) is 6.20. The summed E-state index contributed by atoms with van der Waals surface area (Å²) >= 11 is 6.04. The molecule has 176 valence electrons. The molecule has 5 rings (SSSR count). The number of carbonyl (C=O) groups is 1. The maximum absolute atomic E-state index is 14.0. The van der Waals surface area contributed by atoms with Crippen LogP contribution in [-0.2, 0) is 19.6 Å². The van der Waals surface area contributed by atoms with E-state index in [4.69, 9.17) is 16.3 Å². The topological polar surface area (TPSA) is 66.9 Å². The summed E-state index contributed by atoms with van der Waals surface area (Å²) in [5.41, 5.74) is -0.239. The molecule has 3 atom stereocenters. The van der Waals surface area contributed by atoms with Crippen molar-refractivity contribution in [1.29, 1.82) is 0 Å². The first-order valence-corrected chi connectivity index (χ1v) is 13.8. The van der Waals surface area contributed by atoms with Crippen molar-refractivity contribution in [2.45, 2.75) is 68.8 Å². The highest BCUT2D eigenvalue weighted by atomic mass is 35.5. The second kappa shape index (κ2) is 8.57. The van der Waals surface area contributed by atoms with Crippen molar-refractivity contribution in [3.05, 3.63) is 29.3 Å². The Labute approximate surface area is 196 Å². The van der Waals surface area contributed by atoms with Crippen LogP contribution in [0.5, 0.6) is 0 Å². The summed E-state index contributed by atoms with van der Waals surface area (Å²) in [5, 5.41) is 0.529. The number of carbonyl (C=O) groups excluding carboxylic acids is 1. The average molecular weight is 481 g/mol. The number of piperidine rings is 1. The van der Waals surface area contributed by atoms with E-state index in [0.717, 1.165) is 38.5 Å². The molecular formula is C24H33ClN2O4S. The van der Waals surface area contributed by atoms with Gasteiger partial charge in [0.05, 0.1) is 18.1 Å². The van der Waals surface area contributed by atoms with Crippen LogP contribution in [0.15, 0.2) is 29.2 Å². The third-order valence-electron chi connectivity index (χ3n) is 7.92. The molecule has 4 fully saturated rings. The van der Waals surface area contributed by atoms with Gasteiger partial charge in [-0.2, -0.15) is 4.31 Å². The zero-order valence-corrected chi connectivity index (χ0v) is 20.3. The van der Waals surface area contributed by atoms with E-state index in [1.165, 1.54) is 0 Å². The molecule has 0 aromatic heterocycles. The van der Waals surface area contributed by atoms with E-state index in [1.54, 1.807) is 24.3 Å². The lowest BCUT2D eigenvalue weighted by Gasteiger charge is -2.47. The maximum Gasteiger partial charge on any atom is 0.243 e. The summed E-state index contributed by atoms with van der Waals surface area (Å²) in [6, 6.07) is 6.45. The van der Waals surface area contributed by atoms with Crippen molar-refractivity contribution >= 4 is 27.5 Å². The van der Waals surface area contributed by atoms with Gasteiger partial charge in [-0.25, -0.2) is 8.42 Å². The van der Waals surface area contributed by atoms with Crippen LogP contribution in [0.2, 0.25) is 5.02 Å². The third kappa shape index (κ3) is 4.33. The molecule has 6 nitrogen and oxygen atoms in total. The van der Waals surface area contributed by atoms with Crippen molar-refractivity contribution in [2.75, 3.05) is 26.3 Å². The Kier molecular flexibility index (Phi) is 6.06. The first kappa shape index (κ1) is 22.6. The maximum atomic E-state index is 14.0. The Balaban J connectivity index is 1.47. The zero-order valence-electron chi connectivity index (χ0n) is 18.7. The fraction of sp³-hybridized carbons (Fsp3) is 0.708. The molecule has 2 heterocycles. The van der Waals surface area contributed by atoms with Gasteiger partial charge in [0.15, 0.2) is 0 Å². The van der Waals surface area contributed by atoms with Crippen LogP contribution in [-0.4, -0.2) is 61.9 Å². The number of sulfonamides is 1. The molecule has 1 aromatic rings. The summed E-state index contributed by atoms with van der Waals surface area (Å²) in [5.74, 6) is 1.04. The van der Waals surface area contributed by atoms with Crippen LogP contribution in [0, 0.1) is 17.3 Å². The van der Waals surface area contributed by atoms with Crippen molar-refractivity contribution in [2.24, 2.45) is 17.3 Å². The standard InChI is InChI=1S/C24H33ClN2O4S/c1-17-14-21(18-2-3-18)27(32(29,30)20-6-4-19(25)5-7-20)22(15-17)24(8-9-24)16-23(28)26-10-12-31-13-11-26/h4-7,17-18,21-22H,2-3,8-16H2,1H3. The number of benzene rings is 1. The van der Waals surface area contributed by atoms with Crippen molar-refractivity contribution in [1.82, 2.24) is 9.21 Å². The summed E-state index contributed by atoms with van der Waals surface area (Å²) in [7, 11) is -3.68. The molecule has 8 heteroatoms. The summed E-state index contributed by atoms with van der Waals surface area (Å²) < 4.78 is 35.2. The Morgan fingerprint density at radius 3 is 2.38 bits per heavy atom. The van der Waals surface area contributed by atoms with E-state index in [9.17, 15) is 13.2 Å². The van der Waals surface area contributed by atoms with Gasteiger partial charge < -0.3 is 9.64 Å². The predicted molar refractivity (Wildman–Crippen MR) is 123 cm³/mol. The van der Waals surface area contributed by atoms with Gasteiger partial charge >= 0.3 is 0 Å². The minimum absolute atomic E-state index is 0.0281. The van der Waals surface area contributed by atoms with Crippen molar-refractivity contribution in [3.63, 3.8) is 0 Å². The second-order valence-corrected chi connectivity index (χ2v) is 12.6. The lowest BCUT2D eigenvalue weighted by Crippen LogP contribution is -2.56. The van der Waals surface area contributed by atoms with E-state index in [2.05, 4.69) is 6.92 Å². The molecule has 0 N–H and O–H groups in total. The quantitative estimate of drug-likeness (QED) is 0.618. The number of ether oxygens (including phenoxy) is 1. The third-order valence-corrected chi connectivity index (χ3v) is 10.1. The molecule has 2 saturated heterocycles. The summed E-state index contributed by atoms with van der Waals surface area (Å²) in [6.45, 7) is 4.68. The fourth-order valence-corrected chi connectivity index (χ4v) is 7.93. The van der Waals surface area contributed by atoms with Crippen molar-refractivity contribution < 1.29 is 17.9 Å². The summed E-state index contributed by atoms with van der Waals surface area (Å²) in [4.78, 5) is 15.4. The number of morpholine rings is 1.